The Labute approximate surface area is 131 Å². The average Bonchev–Trinajstić information content (AvgIpc) is 2.78. The van der Waals surface area contributed by atoms with E-state index >= 15 is 0 Å². The molecule has 2 atom stereocenters. The first-order valence-corrected chi connectivity index (χ1v) is 8.93. The van der Waals surface area contributed by atoms with Crippen molar-refractivity contribution in [2.45, 2.75) is 39.7 Å². The maximum Gasteiger partial charge on any atom is 0.212 e. The first kappa shape index (κ1) is 16.7. The molecule has 1 heterocycles. The van der Waals surface area contributed by atoms with Crippen LogP contribution in [0.2, 0.25) is 0 Å². The predicted octanol–water partition coefficient (Wildman–Crippen LogP) is 3.08. The lowest BCUT2D eigenvalue weighted by Crippen LogP contribution is -2.31. The molecule has 0 spiro atoms. The summed E-state index contributed by atoms with van der Waals surface area (Å²) in [6.07, 6.45) is 0. The minimum absolute atomic E-state index is 0.0464. The van der Waals surface area contributed by atoms with Gasteiger partial charge in [0.2, 0.25) is 10.0 Å². The second-order valence-corrected chi connectivity index (χ2v) is 7.47. The molecule has 0 amide bonds. The van der Waals surface area contributed by atoms with Gasteiger partial charge in [-0.05, 0) is 32.3 Å². The number of benzene rings is 1. The van der Waals surface area contributed by atoms with E-state index in [9.17, 15) is 8.42 Å². The standard InChI is InChI=1S/C16H22N2O3S/c1-11(15-8-6-5-7-9-15)10-22(19,20)18-13(3)16-12(2)17-21-14(16)4/h5-9,11,13,18H,10H2,1-4H3/t11-,13-/m0/s1. The van der Waals surface area contributed by atoms with E-state index in [1.165, 1.54) is 0 Å². The molecule has 0 bridgehead atoms. The molecule has 0 aliphatic heterocycles. The summed E-state index contributed by atoms with van der Waals surface area (Å²) in [6, 6.07) is 9.27. The number of aromatic nitrogens is 1. The fraction of sp³-hybridized carbons (Fsp3) is 0.438. The van der Waals surface area contributed by atoms with Crippen molar-refractivity contribution in [1.82, 2.24) is 9.88 Å². The largest absolute Gasteiger partial charge is 0.361 e. The summed E-state index contributed by atoms with van der Waals surface area (Å²) < 4.78 is 32.6. The van der Waals surface area contributed by atoms with Crippen molar-refractivity contribution in [3.63, 3.8) is 0 Å². The molecule has 6 heteroatoms. The molecule has 2 aromatic rings. The topological polar surface area (TPSA) is 72.2 Å². The molecule has 5 nitrogen and oxygen atoms in total. The van der Waals surface area contributed by atoms with Crippen LogP contribution < -0.4 is 4.72 Å². The number of hydrogen-bond acceptors (Lipinski definition) is 4. The van der Waals surface area contributed by atoms with Crippen LogP contribution in [-0.4, -0.2) is 19.3 Å². The molecule has 1 aromatic heterocycles. The maximum atomic E-state index is 12.4. The van der Waals surface area contributed by atoms with Crippen molar-refractivity contribution < 1.29 is 12.9 Å². The van der Waals surface area contributed by atoms with E-state index in [4.69, 9.17) is 4.52 Å². The van der Waals surface area contributed by atoms with Gasteiger partial charge in [0.25, 0.3) is 0 Å². The van der Waals surface area contributed by atoms with Crippen LogP contribution in [0.1, 0.15) is 48.4 Å². The molecule has 1 aromatic carbocycles. The first-order chi connectivity index (χ1) is 10.3. The molecule has 120 valence electrons. The minimum Gasteiger partial charge on any atom is -0.361 e. The van der Waals surface area contributed by atoms with Crippen LogP contribution in [-0.2, 0) is 10.0 Å². The second kappa shape index (κ2) is 6.62. The predicted molar refractivity (Wildman–Crippen MR) is 86.2 cm³/mol. The van der Waals surface area contributed by atoms with Crippen LogP contribution in [0.3, 0.4) is 0 Å². The normalized spacial score (nSPS) is 14.7. The van der Waals surface area contributed by atoms with E-state index in [0.717, 1.165) is 11.1 Å². The molecule has 0 aliphatic carbocycles. The number of hydrogen-bond donors (Lipinski definition) is 1. The first-order valence-electron chi connectivity index (χ1n) is 7.28. The summed E-state index contributed by atoms with van der Waals surface area (Å²) in [5, 5.41) is 3.87. The van der Waals surface area contributed by atoms with E-state index in [2.05, 4.69) is 9.88 Å². The number of rotatable bonds is 6. The fourth-order valence-electron chi connectivity index (χ4n) is 2.69. The van der Waals surface area contributed by atoms with Crippen LogP contribution in [0.5, 0.6) is 0 Å². The molecule has 0 radical (unpaired) electrons. The third-order valence-electron chi connectivity index (χ3n) is 3.72. The maximum absolute atomic E-state index is 12.4. The zero-order valence-electron chi connectivity index (χ0n) is 13.3. The van der Waals surface area contributed by atoms with Gasteiger partial charge in [-0.25, -0.2) is 13.1 Å². The number of aryl methyl sites for hydroxylation is 2. The van der Waals surface area contributed by atoms with Crippen LogP contribution in [0, 0.1) is 13.8 Å². The van der Waals surface area contributed by atoms with Crippen molar-refractivity contribution in [3.05, 3.63) is 52.9 Å². The van der Waals surface area contributed by atoms with E-state index in [0.29, 0.717) is 11.5 Å². The molecule has 1 N–H and O–H groups in total. The van der Waals surface area contributed by atoms with E-state index in [-0.39, 0.29) is 17.7 Å². The second-order valence-electron chi connectivity index (χ2n) is 5.67. The third-order valence-corrected chi connectivity index (χ3v) is 5.37. The average molecular weight is 322 g/mol. The highest BCUT2D eigenvalue weighted by atomic mass is 32.2. The van der Waals surface area contributed by atoms with Gasteiger partial charge in [-0.3, -0.25) is 0 Å². The third kappa shape index (κ3) is 3.96. The number of sulfonamides is 1. The summed E-state index contributed by atoms with van der Waals surface area (Å²) in [4.78, 5) is 0. The van der Waals surface area contributed by atoms with Gasteiger partial charge >= 0.3 is 0 Å². The van der Waals surface area contributed by atoms with Crippen molar-refractivity contribution >= 4 is 10.0 Å². The molecular weight excluding hydrogens is 300 g/mol. The molecule has 0 unspecified atom stereocenters. The summed E-state index contributed by atoms with van der Waals surface area (Å²) >= 11 is 0. The summed E-state index contributed by atoms with van der Waals surface area (Å²) in [6.45, 7) is 7.31. The van der Waals surface area contributed by atoms with Crippen molar-refractivity contribution in [1.29, 1.82) is 0 Å². The minimum atomic E-state index is -3.41. The zero-order valence-corrected chi connectivity index (χ0v) is 14.1. The lowest BCUT2D eigenvalue weighted by atomic mass is 10.0. The quantitative estimate of drug-likeness (QED) is 0.887. The monoisotopic (exact) mass is 322 g/mol. The molecule has 22 heavy (non-hydrogen) atoms. The summed E-state index contributed by atoms with van der Waals surface area (Å²) in [5.74, 6) is 0.615. The van der Waals surface area contributed by atoms with Gasteiger partial charge in [0, 0.05) is 11.6 Å². The Morgan fingerprint density at radius 1 is 1.18 bits per heavy atom. The molecule has 2 rings (SSSR count). The van der Waals surface area contributed by atoms with Gasteiger partial charge in [0.05, 0.1) is 11.4 Å². The molecular formula is C16H22N2O3S. The number of nitrogens with zero attached hydrogens (tertiary/aromatic N) is 1. The van der Waals surface area contributed by atoms with Gasteiger partial charge in [-0.2, -0.15) is 0 Å². The smallest absolute Gasteiger partial charge is 0.212 e. The van der Waals surface area contributed by atoms with Gasteiger partial charge in [-0.15, -0.1) is 0 Å². The van der Waals surface area contributed by atoms with Crippen molar-refractivity contribution in [2.75, 3.05) is 5.75 Å². The van der Waals surface area contributed by atoms with Crippen LogP contribution in [0.4, 0.5) is 0 Å². The Balaban J connectivity index is 2.08. The fourth-order valence-corrected chi connectivity index (χ4v) is 4.30. The van der Waals surface area contributed by atoms with Gasteiger partial charge < -0.3 is 4.52 Å². The van der Waals surface area contributed by atoms with Crippen LogP contribution in [0.25, 0.3) is 0 Å². The van der Waals surface area contributed by atoms with Crippen LogP contribution >= 0.6 is 0 Å². The summed E-state index contributed by atoms with van der Waals surface area (Å²) in [7, 11) is -3.41. The Bertz CT molecular complexity index is 704. The Morgan fingerprint density at radius 2 is 1.82 bits per heavy atom. The van der Waals surface area contributed by atoms with Crippen LogP contribution in [0.15, 0.2) is 34.9 Å². The van der Waals surface area contributed by atoms with Crippen molar-refractivity contribution in [2.24, 2.45) is 0 Å². The Hall–Kier alpha value is -1.66. The molecule has 0 saturated carbocycles. The highest BCUT2D eigenvalue weighted by molar-refractivity contribution is 7.89. The SMILES string of the molecule is Cc1noc(C)c1[C@H](C)NS(=O)(=O)C[C@H](C)c1ccccc1. The molecule has 0 aliphatic rings. The van der Waals surface area contributed by atoms with Crippen molar-refractivity contribution in [3.8, 4) is 0 Å². The Morgan fingerprint density at radius 3 is 2.36 bits per heavy atom. The van der Waals surface area contributed by atoms with E-state index in [1.807, 2.05) is 44.2 Å². The lowest BCUT2D eigenvalue weighted by molar-refractivity contribution is 0.391. The van der Waals surface area contributed by atoms with E-state index in [1.54, 1.807) is 13.8 Å². The highest BCUT2D eigenvalue weighted by Crippen LogP contribution is 2.23. The van der Waals surface area contributed by atoms with Gasteiger partial charge in [0.1, 0.15) is 5.76 Å². The molecule has 0 saturated heterocycles. The molecule has 0 fully saturated rings. The van der Waals surface area contributed by atoms with E-state index < -0.39 is 10.0 Å². The highest BCUT2D eigenvalue weighted by Gasteiger charge is 2.23. The summed E-state index contributed by atoms with van der Waals surface area (Å²) in [5.41, 5.74) is 2.53. The Kier molecular flexibility index (Phi) is 5.03. The zero-order chi connectivity index (χ0) is 16.3. The van der Waals surface area contributed by atoms with Gasteiger partial charge in [-0.1, -0.05) is 42.4 Å². The lowest BCUT2D eigenvalue weighted by Gasteiger charge is -2.17. The number of nitrogens with one attached hydrogen (secondary N) is 1. The van der Waals surface area contributed by atoms with Gasteiger partial charge in [0.15, 0.2) is 0 Å².